The van der Waals surface area contributed by atoms with Crippen LogP contribution in [-0.4, -0.2) is 84.6 Å². The van der Waals surface area contributed by atoms with Crippen molar-refractivity contribution in [2.45, 2.75) is 44.1 Å². The molecule has 2 aliphatic rings. The van der Waals surface area contributed by atoms with Crippen molar-refractivity contribution >= 4 is 53.3 Å². The second-order valence-electron chi connectivity index (χ2n) is 10.3. The number of aliphatic carboxylic acids is 1. The molecule has 0 aliphatic carbocycles. The number of nitrogens with zero attached hydrogens (tertiary/aromatic N) is 2. The summed E-state index contributed by atoms with van der Waals surface area (Å²) in [6.45, 7) is 4.94. The second-order valence-corrected chi connectivity index (χ2v) is 11.4. The van der Waals surface area contributed by atoms with Crippen LogP contribution in [0.4, 0.5) is 10.6 Å². The minimum Gasteiger partial charge on any atom is -0.477 e. The third-order valence-corrected chi connectivity index (χ3v) is 8.14. The van der Waals surface area contributed by atoms with Gasteiger partial charge in [-0.25, -0.2) is 14.6 Å². The number of aromatic amines is 1. The summed E-state index contributed by atoms with van der Waals surface area (Å²) in [4.78, 5) is 84.3. The van der Waals surface area contributed by atoms with Crippen LogP contribution < -0.4 is 16.4 Å². The number of primary amides is 1. The van der Waals surface area contributed by atoms with E-state index in [1.54, 1.807) is 18.2 Å². The average Bonchev–Trinajstić information content (AvgIpc) is 3.33. The summed E-state index contributed by atoms with van der Waals surface area (Å²) < 4.78 is 5.71. The highest BCUT2D eigenvalue weighted by Crippen LogP contribution is 2.47. The standard InChI is InChI=1S/C27H30N6O9S/c1-12(2)10-29-22(36)18-21(32-26(40)41)31-25(30-18)27(24(28)39,14-7-5-4-6-8-14)20(42-13(3)34)15-11-43-17-9-16(35)33(17)19(15)23(37)38/h4-8,12,17,20,32H,9-11H2,1-3H3,(H2,28,39)(H,29,36)(H,30,31)(H,37,38)(H,40,41)/t17-,20?,27?/m1/s1. The molecular formula is C27H30N6O9S. The van der Waals surface area contributed by atoms with Gasteiger partial charge < -0.3 is 31.0 Å². The predicted molar refractivity (Wildman–Crippen MR) is 152 cm³/mol. The largest absolute Gasteiger partial charge is 0.477 e. The molecule has 1 aromatic carbocycles. The van der Waals surface area contributed by atoms with Gasteiger partial charge >= 0.3 is 18.0 Å². The Morgan fingerprint density at radius 3 is 2.42 bits per heavy atom. The zero-order valence-corrected chi connectivity index (χ0v) is 24.2. The Kier molecular flexibility index (Phi) is 8.80. The number of thioether (sulfide) groups is 1. The molecule has 2 aliphatic heterocycles. The summed E-state index contributed by atoms with van der Waals surface area (Å²) in [5, 5.41) is 23.9. The molecule has 1 aromatic heterocycles. The third-order valence-electron chi connectivity index (χ3n) is 6.90. The highest BCUT2D eigenvalue weighted by atomic mass is 32.2. The molecule has 0 radical (unpaired) electrons. The lowest BCUT2D eigenvalue weighted by Gasteiger charge is -2.47. The van der Waals surface area contributed by atoms with Crippen molar-refractivity contribution in [3.63, 3.8) is 0 Å². The van der Waals surface area contributed by atoms with Crippen LogP contribution in [0.1, 0.15) is 49.1 Å². The minimum atomic E-state index is -2.34. The number of β-lactam (4-membered cyclic amide) rings is 1. The third kappa shape index (κ3) is 5.77. The molecule has 1 saturated heterocycles. The number of anilines is 1. The zero-order valence-electron chi connectivity index (χ0n) is 23.4. The van der Waals surface area contributed by atoms with Gasteiger partial charge in [-0.2, -0.15) is 0 Å². The van der Waals surface area contributed by atoms with Gasteiger partial charge in [-0.05, 0) is 11.5 Å². The van der Waals surface area contributed by atoms with Crippen LogP contribution in [0.2, 0.25) is 0 Å². The number of rotatable bonds is 11. The van der Waals surface area contributed by atoms with Crippen LogP contribution in [-0.2, 0) is 29.3 Å². The minimum absolute atomic E-state index is 0.0304. The lowest BCUT2D eigenvalue weighted by atomic mass is 9.71. The highest BCUT2D eigenvalue weighted by Gasteiger charge is 2.57. The van der Waals surface area contributed by atoms with Crippen LogP contribution in [0.3, 0.4) is 0 Å². The van der Waals surface area contributed by atoms with Crippen LogP contribution >= 0.6 is 11.8 Å². The normalized spacial score (nSPS) is 18.2. The summed E-state index contributed by atoms with van der Waals surface area (Å²) in [6, 6.07) is 7.64. The number of fused-ring (bicyclic) bond motifs is 1. The molecule has 4 rings (SSSR count). The summed E-state index contributed by atoms with van der Waals surface area (Å²) in [5.41, 5.74) is 2.88. The molecule has 228 valence electrons. The van der Waals surface area contributed by atoms with Crippen molar-refractivity contribution in [3.8, 4) is 0 Å². The van der Waals surface area contributed by atoms with E-state index in [0.717, 1.165) is 11.8 Å². The monoisotopic (exact) mass is 614 g/mol. The number of carboxylic acids is 1. The van der Waals surface area contributed by atoms with E-state index in [-0.39, 0.29) is 41.5 Å². The quantitative estimate of drug-likeness (QED) is 0.156. The molecule has 2 unspecified atom stereocenters. The van der Waals surface area contributed by atoms with E-state index < -0.39 is 70.0 Å². The van der Waals surface area contributed by atoms with Crippen molar-refractivity contribution in [1.29, 1.82) is 0 Å². The second kappa shape index (κ2) is 12.2. The lowest BCUT2D eigenvalue weighted by molar-refractivity contribution is -0.150. The first-order chi connectivity index (χ1) is 20.3. The topological polar surface area (TPSA) is 234 Å². The highest BCUT2D eigenvalue weighted by molar-refractivity contribution is 8.00. The summed E-state index contributed by atoms with van der Waals surface area (Å²) in [6.07, 6.45) is -3.27. The molecule has 3 atom stereocenters. The molecule has 3 heterocycles. The number of benzene rings is 1. The fourth-order valence-corrected chi connectivity index (χ4v) is 6.32. The molecule has 16 heteroatoms. The number of hydrogen-bond acceptors (Lipinski definition) is 9. The summed E-state index contributed by atoms with van der Waals surface area (Å²) in [5.74, 6) is -5.76. The van der Waals surface area contributed by atoms with Crippen molar-refractivity contribution in [1.82, 2.24) is 20.2 Å². The lowest BCUT2D eigenvalue weighted by Crippen LogP contribution is -2.59. The molecule has 2 aromatic rings. The Bertz CT molecular complexity index is 1520. The van der Waals surface area contributed by atoms with Crippen LogP contribution in [0.15, 0.2) is 41.6 Å². The number of esters is 1. The van der Waals surface area contributed by atoms with Gasteiger partial charge in [0.25, 0.3) is 5.91 Å². The first-order valence-corrected chi connectivity index (χ1v) is 14.1. The van der Waals surface area contributed by atoms with E-state index in [1.165, 1.54) is 23.9 Å². The smallest absolute Gasteiger partial charge is 0.410 e. The van der Waals surface area contributed by atoms with E-state index in [9.17, 15) is 39.0 Å². The van der Waals surface area contributed by atoms with Crippen LogP contribution in [0.5, 0.6) is 0 Å². The first-order valence-electron chi connectivity index (χ1n) is 13.1. The fourth-order valence-electron chi connectivity index (χ4n) is 5.03. The molecule has 1 fully saturated rings. The Morgan fingerprint density at radius 2 is 1.88 bits per heavy atom. The van der Waals surface area contributed by atoms with Crippen molar-refractivity contribution in [3.05, 3.63) is 58.7 Å². The number of hydrogen-bond donors (Lipinski definition) is 6. The molecule has 0 saturated carbocycles. The van der Waals surface area contributed by atoms with Gasteiger partial charge in [0.1, 0.15) is 17.2 Å². The van der Waals surface area contributed by atoms with Gasteiger partial charge in [0.15, 0.2) is 17.3 Å². The predicted octanol–water partition coefficient (Wildman–Crippen LogP) is 1.23. The van der Waals surface area contributed by atoms with Gasteiger partial charge in [0.05, 0.1) is 11.8 Å². The zero-order chi connectivity index (χ0) is 31.6. The maximum absolute atomic E-state index is 13.8. The van der Waals surface area contributed by atoms with Gasteiger partial charge in [-0.3, -0.25) is 29.4 Å². The summed E-state index contributed by atoms with van der Waals surface area (Å²) >= 11 is 1.21. The van der Waals surface area contributed by atoms with Gasteiger partial charge in [-0.15, -0.1) is 11.8 Å². The van der Waals surface area contributed by atoms with Crippen molar-refractivity contribution < 1.29 is 43.7 Å². The summed E-state index contributed by atoms with van der Waals surface area (Å²) in [7, 11) is 0. The number of carbonyl (C=O) groups is 6. The van der Waals surface area contributed by atoms with E-state index in [0.29, 0.717) is 0 Å². The SMILES string of the molecule is CC(=O)OC(C1=C(C(=O)O)N2C(=O)C[C@H]2SC1)C(C(N)=O)(c1ccccc1)c1nc(NC(=O)O)c(C(=O)NCC(C)C)[nH]1. The maximum Gasteiger partial charge on any atom is 0.410 e. The fraction of sp³-hybridized carbons (Fsp3) is 0.370. The van der Waals surface area contributed by atoms with E-state index in [2.05, 4.69) is 15.3 Å². The van der Waals surface area contributed by atoms with Crippen LogP contribution in [0, 0.1) is 5.92 Å². The molecule has 0 bridgehead atoms. The average molecular weight is 615 g/mol. The van der Waals surface area contributed by atoms with Crippen LogP contribution in [0.25, 0.3) is 0 Å². The molecular weight excluding hydrogens is 584 g/mol. The maximum atomic E-state index is 13.8. The number of nitrogens with one attached hydrogen (secondary N) is 3. The molecule has 0 spiro atoms. The van der Waals surface area contributed by atoms with E-state index in [1.807, 2.05) is 19.2 Å². The molecule has 7 N–H and O–H groups in total. The van der Waals surface area contributed by atoms with Crippen molar-refractivity contribution in [2.24, 2.45) is 11.7 Å². The number of amides is 4. The Morgan fingerprint density at radius 1 is 1.21 bits per heavy atom. The Labute approximate surface area is 249 Å². The Hall–Kier alpha value is -4.86. The Balaban J connectivity index is 2.07. The van der Waals surface area contributed by atoms with Gasteiger partial charge in [-0.1, -0.05) is 44.2 Å². The van der Waals surface area contributed by atoms with Gasteiger partial charge in [0.2, 0.25) is 11.8 Å². The van der Waals surface area contributed by atoms with E-state index >= 15 is 0 Å². The number of H-pyrrole nitrogens is 1. The molecule has 15 nitrogen and oxygen atoms in total. The van der Waals surface area contributed by atoms with Crippen molar-refractivity contribution in [2.75, 3.05) is 17.6 Å². The van der Waals surface area contributed by atoms with Gasteiger partial charge in [0, 0.05) is 24.8 Å². The molecule has 43 heavy (non-hydrogen) atoms. The number of nitrogens with two attached hydrogens (primary N) is 1. The number of carbonyl (C=O) groups excluding carboxylic acids is 4. The number of ether oxygens (including phenoxy) is 1. The number of imidazole rings is 1. The molecule has 4 amide bonds. The number of aromatic nitrogens is 2. The van der Waals surface area contributed by atoms with E-state index in [4.69, 9.17) is 10.5 Å². The number of carboxylic acid groups (broad SMARTS) is 2. The first kappa shape index (κ1) is 31.1.